The molecular formula is C31H38FN3O7S. The summed E-state index contributed by atoms with van der Waals surface area (Å²) in [5, 5.41) is 2.88. The molecule has 1 N–H and O–H groups in total. The molecule has 2 amide bonds. The van der Waals surface area contributed by atoms with Gasteiger partial charge in [0, 0.05) is 18.2 Å². The van der Waals surface area contributed by atoms with Crippen molar-refractivity contribution in [1.29, 1.82) is 0 Å². The Kier molecular flexibility index (Phi) is 10.6. The lowest BCUT2D eigenvalue weighted by atomic mass is 10.1. The summed E-state index contributed by atoms with van der Waals surface area (Å²) in [4.78, 5) is 28.4. The molecule has 0 saturated heterocycles. The highest BCUT2D eigenvalue weighted by Gasteiger charge is 2.34. The second-order valence-electron chi connectivity index (χ2n) is 10.8. The molecule has 0 aliphatic carbocycles. The highest BCUT2D eigenvalue weighted by atomic mass is 32.2. The Labute approximate surface area is 252 Å². The van der Waals surface area contributed by atoms with E-state index in [0.29, 0.717) is 17.1 Å². The molecule has 10 nitrogen and oxygen atoms in total. The molecule has 0 aliphatic heterocycles. The number of rotatable bonds is 12. The summed E-state index contributed by atoms with van der Waals surface area (Å²) in [6, 6.07) is 14.8. The third kappa shape index (κ3) is 8.38. The minimum Gasteiger partial charge on any atom is -0.497 e. The van der Waals surface area contributed by atoms with Crippen LogP contribution in [-0.4, -0.2) is 64.6 Å². The first-order valence-corrected chi connectivity index (χ1v) is 14.9. The minimum atomic E-state index is -4.40. The number of carbonyl (C=O) groups is 2. The number of nitrogens with one attached hydrogen (secondary N) is 1. The molecule has 12 heteroatoms. The molecule has 3 aromatic rings. The maximum atomic E-state index is 14.1. The van der Waals surface area contributed by atoms with Gasteiger partial charge in [-0.3, -0.25) is 13.9 Å². The van der Waals surface area contributed by atoms with Gasteiger partial charge in [0.05, 0.1) is 31.9 Å². The third-order valence-electron chi connectivity index (χ3n) is 6.49. The Morgan fingerprint density at radius 2 is 1.56 bits per heavy atom. The quantitative estimate of drug-likeness (QED) is 0.322. The Hall–Kier alpha value is -4.32. The van der Waals surface area contributed by atoms with Crippen molar-refractivity contribution in [3.05, 3.63) is 78.1 Å². The zero-order chi connectivity index (χ0) is 31.9. The summed E-state index contributed by atoms with van der Waals surface area (Å²) < 4.78 is 58.6. The molecule has 0 bridgehead atoms. The van der Waals surface area contributed by atoms with E-state index in [1.54, 1.807) is 31.2 Å². The highest BCUT2D eigenvalue weighted by Crippen LogP contribution is 2.32. The van der Waals surface area contributed by atoms with Crippen LogP contribution in [0.1, 0.15) is 33.3 Å². The third-order valence-corrected chi connectivity index (χ3v) is 8.26. The topological polar surface area (TPSA) is 114 Å². The van der Waals surface area contributed by atoms with Crippen LogP contribution in [0.3, 0.4) is 0 Å². The molecule has 0 radical (unpaired) electrons. The van der Waals surface area contributed by atoms with Crippen molar-refractivity contribution in [2.45, 2.75) is 50.7 Å². The molecule has 0 heterocycles. The SMILES string of the molecule is COc1cccc(CN(C(=O)CN(c2ccc(F)cc2)S(=O)(=O)c2ccc(OC)c(OC)c2)[C@H](C)C(=O)NC(C)(C)C)c1. The predicted molar refractivity (Wildman–Crippen MR) is 161 cm³/mol. The monoisotopic (exact) mass is 615 g/mol. The van der Waals surface area contributed by atoms with E-state index < -0.39 is 45.8 Å². The molecule has 1 atom stereocenters. The van der Waals surface area contributed by atoms with E-state index in [1.807, 2.05) is 20.8 Å². The summed E-state index contributed by atoms with van der Waals surface area (Å²) in [7, 11) is -0.0982. The number of methoxy groups -OCH3 is 3. The van der Waals surface area contributed by atoms with Crippen LogP contribution in [0.5, 0.6) is 17.2 Å². The molecule has 3 aromatic carbocycles. The number of halogens is 1. The first-order valence-electron chi connectivity index (χ1n) is 13.4. The van der Waals surface area contributed by atoms with Crippen LogP contribution >= 0.6 is 0 Å². The maximum absolute atomic E-state index is 14.1. The number of benzene rings is 3. The standard InChI is InChI=1S/C31H38FN3O7S/c1-21(30(37)33-31(2,3)4)34(19-22-9-8-10-25(17-22)40-5)29(36)20-35(24-13-11-23(32)12-14-24)43(38,39)26-15-16-27(41-6)28(18-26)42-7/h8-18,21H,19-20H2,1-7H3,(H,33,37)/t21-/m1/s1. The van der Waals surface area contributed by atoms with Crippen molar-refractivity contribution in [3.63, 3.8) is 0 Å². The Bertz CT molecular complexity index is 1540. The average molecular weight is 616 g/mol. The van der Waals surface area contributed by atoms with E-state index in [1.165, 1.54) is 56.6 Å². The fraction of sp³-hybridized carbons (Fsp3) is 0.355. The fourth-order valence-electron chi connectivity index (χ4n) is 4.26. The van der Waals surface area contributed by atoms with Crippen LogP contribution in [0.4, 0.5) is 10.1 Å². The van der Waals surface area contributed by atoms with Crippen LogP contribution in [0, 0.1) is 5.82 Å². The Morgan fingerprint density at radius 3 is 2.14 bits per heavy atom. The molecular weight excluding hydrogens is 577 g/mol. The highest BCUT2D eigenvalue weighted by molar-refractivity contribution is 7.92. The van der Waals surface area contributed by atoms with Crippen molar-refractivity contribution in [1.82, 2.24) is 10.2 Å². The fourth-order valence-corrected chi connectivity index (χ4v) is 5.69. The summed E-state index contributed by atoms with van der Waals surface area (Å²) in [6.07, 6.45) is 0. The van der Waals surface area contributed by atoms with Crippen molar-refractivity contribution in [3.8, 4) is 17.2 Å². The maximum Gasteiger partial charge on any atom is 0.264 e. The molecule has 43 heavy (non-hydrogen) atoms. The molecule has 3 rings (SSSR count). The number of hydrogen-bond donors (Lipinski definition) is 1. The van der Waals surface area contributed by atoms with Gasteiger partial charge in [0.15, 0.2) is 11.5 Å². The van der Waals surface area contributed by atoms with Crippen molar-refractivity contribution >= 4 is 27.5 Å². The number of nitrogens with zero attached hydrogens (tertiary/aromatic N) is 2. The minimum absolute atomic E-state index is 0.0115. The van der Waals surface area contributed by atoms with Gasteiger partial charge in [-0.25, -0.2) is 12.8 Å². The Morgan fingerprint density at radius 1 is 0.907 bits per heavy atom. The predicted octanol–water partition coefficient (Wildman–Crippen LogP) is 4.38. The second-order valence-corrected chi connectivity index (χ2v) is 12.7. The normalized spacial score (nSPS) is 12.2. The van der Waals surface area contributed by atoms with Crippen molar-refractivity contribution in [2.75, 3.05) is 32.2 Å². The summed E-state index contributed by atoms with van der Waals surface area (Å²) >= 11 is 0. The molecule has 0 aromatic heterocycles. The summed E-state index contributed by atoms with van der Waals surface area (Å²) in [5.74, 6) is -0.617. The van der Waals surface area contributed by atoms with Crippen LogP contribution in [0.15, 0.2) is 71.6 Å². The van der Waals surface area contributed by atoms with Gasteiger partial charge in [0.25, 0.3) is 10.0 Å². The van der Waals surface area contributed by atoms with Gasteiger partial charge < -0.3 is 24.4 Å². The van der Waals surface area contributed by atoms with Crippen molar-refractivity contribution in [2.24, 2.45) is 0 Å². The van der Waals surface area contributed by atoms with E-state index in [2.05, 4.69) is 5.32 Å². The Balaban J connectivity index is 2.08. The smallest absolute Gasteiger partial charge is 0.264 e. The van der Waals surface area contributed by atoms with Crippen LogP contribution < -0.4 is 23.8 Å². The molecule has 232 valence electrons. The van der Waals surface area contributed by atoms with Crippen LogP contribution in [0.25, 0.3) is 0 Å². The molecule has 0 aliphatic rings. The summed E-state index contributed by atoms with van der Waals surface area (Å²) in [6.45, 7) is 6.33. The first-order chi connectivity index (χ1) is 20.2. The second kappa shape index (κ2) is 13.8. The summed E-state index contributed by atoms with van der Waals surface area (Å²) in [5.41, 5.74) is 0.143. The number of sulfonamides is 1. The lowest BCUT2D eigenvalue weighted by Crippen LogP contribution is -2.54. The average Bonchev–Trinajstić information content (AvgIpc) is 2.97. The van der Waals surface area contributed by atoms with E-state index in [0.717, 1.165) is 16.4 Å². The number of anilines is 1. The lowest BCUT2D eigenvalue weighted by molar-refractivity contribution is -0.140. The first kappa shape index (κ1) is 33.2. The molecule has 0 spiro atoms. The zero-order valence-corrected chi connectivity index (χ0v) is 26.2. The van der Waals surface area contributed by atoms with Crippen LogP contribution in [0.2, 0.25) is 0 Å². The molecule has 0 saturated carbocycles. The lowest BCUT2D eigenvalue weighted by Gasteiger charge is -2.33. The van der Waals surface area contributed by atoms with Gasteiger partial charge in [-0.05, 0) is 81.8 Å². The van der Waals surface area contributed by atoms with E-state index in [9.17, 15) is 22.4 Å². The van der Waals surface area contributed by atoms with Gasteiger partial charge in [-0.2, -0.15) is 0 Å². The van der Waals surface area contributed by atoms with Crippen LogP contribution in [-0.2, 0) is 26.2 Å². The number of ether oxygens (including phenoxy) is 3. The molecule has 0 fully saturated rings. The van der Waals surface area contributed by atoms with E-state index in [-0.39, 0.29) is 22.9 Å². The number of carbonyl (C=O) groups excluding carboxylic acids is 2. The van der Waals surface area contributed by atoms with E-state index in [4.69, 9.17) is 14.2 Å². The van der Waals surface area contributed by atoms with Gasteiger partial charge >= 0.3 is 0 Å². The van der Waals surface area contributed by atoms with Gasteiger partial charge in [-0.15, -0.1) is 0 Å². The van der Waals surface area contributed by atoms with Crippen molar-refractivity contribution < 1.29 is 36.6 Å². The van der Waals surface area contributed by atoms with Gasteiger partial charge in [0.2, 0.25) is 11.8 Å². The van der Waals surface area contributed by atoms with Gasteiger partial charge in [-0.1, -0.05) is 12.1 Å². The zero-order valence-electron chi connectivity index (χ0n) is 25.4. The molecule has 0 unspecified atom stereocenters. The van der Waals surface area contributed by atoms with Gasteiger partial charge in [0.1, 0.15) is 24.2 Å². The largest absolute Gasteiger partial charge is 0.497 e. The number of hydrogen-bond acceptors (Lipinski definition) is 7. The number of amides is 2. The van der Waals surface area contributed by atoms with E-state index >= 15 is 0 Å².